The highest BCUT2D eigenvalue weighted by molar-refractivity contribution is 6.04. The van der Waals surface area contributed by atoms with Crippen molar-refractivity contribution < 1.29 is 23.8 Å². The Bertz CT molecular complexity index is 726. The van der Waals surface area contributed by atoms with E-state index < -0.39 is 11.9 Å². The van der Waals surface area contributed by atoms with Crippen LogP contribution < -0.4 is 4.74 Å². The molecule has 2 aromatic rings. The lowest BCUT2D eigenvalue weighted by molar-refractivity contribution is 0.0474. The summed E-state index contributed by atoms with van der Waals surface area (Å²) in [5, 5.41) is 0.687. The molecule has 0 saturated carbocycles. The standard InChI is InChI=1S/C17H19NO5/c1-4-21-12-7-8-14-11(9-12)10-13(16(19)22-5-2)15(18-14)17(20)23-6-3/h7-10H,4-6H2,1-3H3. The maximum atomic E-state index is 12.1. The number of carbonyl (C=O) groups is 2. The minimum Gasteiger partial charge on any atom is -0.494 e. The number of hydrogen-bond acceptors (Lipinski definition) is 6. The number of ether oxygens (including phenoxy) is 3. The summed E-state index contributed by atoms with van der Waals surface area (Å²) in [6.45, 7) is 6.21. The monoisotopic (exact) mass is 317 g/mol. The lowest BCUT2D eigenvalue weighted by Crippen LogP contribution is -2.16. The third kappa shape index (κ3) is 3.77. The molecule has 0 atom stereocenters. The van der Waals surface area contributed by atoms with Gasteiger partial charge in [-0.15, -0.1) is 0 Å². The Balaban J connectivity index is 2.57. The van der Waals surface area contributed by atoms with E-state index in [1.54, 1.807) is 38.1 Å². The van der Waals surface area contributed by atoms with Gasteiger partial charge in [-0.05, 0) is 45.0 Å². The molecule has 0 spiro atoms. The van der Waals surface area contributed by atoms with Gasteiger partial charge in [-0.2, -0.15) is 0 Å². The first kappa shape index (κ1) is 16.7. The molecule has 0 saturated heterocycles. The van der Waals surface area contributed by atoms with Crippen molar-refractivity contribution in [2.24, 2.45) is 0 Å². The molecule has 0 fully saturated rings. The highest BCUT2D eigenvalue weighted by Gasteiger charge is 2.22. The van der Waals surface area contributed by atoms with E-state index in [2.05, 4.69) is 4.98 Å². The van der Waals surface area contributed by atoms with Gasteiger partial charge in [-0.25, -0.2) is 14.6 Å². The van der Waals surface area contributed by atoms with Crippen LogP contribution in [0.25, 0.3) is 10.9 Å². The van der Waals surface area contributed by atoms with Crippen LogP contribution in [0.4, 0.5) is 0 Å². The highest BCUT2D eigenvalue weighted by atomic mass is 16.5. The van der Waals surface area contributed by atoms with E-state index in [4.69, 9.17) is 14.2 Å². The third-order valence-corrected chi connectivity index (χ3v) is 3.06. The molecular formula is C17H19NO5. The second-order valence-electron chi connectivity index (χ2n) is 4.61. The van der Waals surface area contributed by atoms with Crippen molar-refractivity contribution >= 4 is 22.8 Å². The first-order valence-electron chi connectivity index (χ1n) is 7.52. The zero-order chi connectivity index (χ0) is 16.8. The number of aromatic nitrogens is 1. The number of hydrogen-bond donors (Lipinski definition) is 0. The van der Waals surface area contributed by atoms with Crippen LogP contribution in [0.5, 0.6) is 5.75 Å². The molecule has 0 radical (unpaired) electrons. The second kappa shape index (κ2) is 7.58. The molecule has 0 amide bonds. The number of fused-ring (bicyclic) bond motifs is 1. The summed E-state index contributed by atoms with van der Waals surface area (Å²) in [4.78, 5) is 28.5. The van der Waals surface area contributed by atoms with Gasteiger partial charge in [0.05, 0.1) is 30.9 Å². The maximum Gasteiger partial charge on any atom is 0.357 e. The zero-order valence-electron chi connectivity index (χ0n) is 13.4. The Kier molecular flexibility index (Phi) is 5.51. The lowest BCUT2D eigenvalue weighted by Gasteiger charge is -2.10. The van der Waals surface area contributed by atoms with E-state index in [-0.39, 0.29) is 24.5 Å². The molecule has 0 aliphatic rings. The zero-order valence-corrected chi connectivity index (χ0v) is 13.4. The molecule has 1 aromatic heterocycles. The molecule has 1 heterocycles. The SMILES string of the molecule is CCOC(=O)c1cc2cc(OCC)ccc2nc1C(=O)OCC. The number of esters is 2. The van der Waals surface area contributed by atoms with Crippen LogP contribution in [0.2, 0.25) is 0 Å². The fourth-order valence-corrected chi connectivity index (χ4v) is 2.13. The quantitative estimate of drug-likeness (QED) is 0.762. The largest absolute Gasteiger partial charge is 0.494 e. The summed E-state index contributed by atoms with van der Waals surface area (Å²) in [6.07, 6.45) is 0. The Morgan fingerprint density at radius 3 is 2.30 bits per heavy atom. The van der Waals surface area contributed by atoms with E-state index in [1.807, 2.05) is 6.92 Å². The predicted octanol–water partition coefficient (Wildman–Crippen LogP) is 2.99. The lowest BCUT2D eigenvalue weighted by atomic mass is 10.1. The second-order valence-corrected chi connectivity index (χ2v) is 4.61. The molecule has 0 aliphatic carbocycles. The third-order valence-electron chi connectivity index (χ3n) is 3.06. The number of pyridine rings is 1. The summed E-state index contributed by atoms with van der Waals surface area (Å²) in [5.74, 6) is -0.585. The number of benzene rings is 1. The van der Waals surface area contributed by atoms with Crippen molar-refractivity contribution in [3.63, 3.8) is 0 Å². The van der Waals surface area contributed by atoms with Gasteiger partial charge in [0.1, 0.15) is 5.75 Å². The first-order chi connectivity index (χ1) is 11.1. The average molecular weight is 317 g/mol. The Morgan fingerprint density at radius 2 is 1.65 bits per heavy atom. The van der Waals surface area contributed by atoms with E-state index >= 15 is 0 Å². The molecule has 2 rings (SSSR count). The Labute approximate surface area is 134 Å². The molecule has 1 aromatic carbocycles. The van der Waals surface area contributed by atoms with Crippen molar-refractivity contribution in [3.8, 4) is 5.75 Å². The first-order valence-corrected chi connectivity index (χ1v) is 7.52. The van der Waals surface area contributed by atoms with Crippen LogP contribution in [-0.4, -0.2) is 36.7 Å². The Hall–Kier alpha value is -2.63. The van der Waals surface area contributed by atoms with Gasteiger partial charge in [-0.3, -0.25) is 0 Å². The van der Waals surface area contributed by atoms with E-state index in [9.17, 15) is 9.59 Å². The molecule has 6 heteroatoms. The van der Waals surface area contributed by atoms with Gasteiger partial charge in [-0.1, -0.05) is 0 Å². The van der Waals surface area contributed by atoms with Crippen molar-refractivity contribution in [3.05, 3.63) is 35.5 Å². The normalized spacial score (nSPS) is 10.4. The smallest absolute Gasteiger partial charge is 0.357 e. The molecule has 122 valence electrons. The summed E-state index contributed by atoms with van der Waals surface area (Å²) in [7, 11) is 0. The van der Waals surface area contributed by atoms with Crippen molar-refractivity contribution in [1.29, 1.82) is 0 Å². The summed E-state index contributed by atoms with van der Waals surface area (Å²) in [6, 6.07) is 6.84. The number of nitrogens with zero attached hydrogens (tertiary/aromatic N) is 1. The highest BCUT2D eigenvalue weighted by Crippen LogP contribution is 2.23. The maximum absolute atomic E-state index is 12.1. The predicted molar refractivity (Wildman–Crippen MR) is 84.8 cm³/mol. The van der Waals surface area contributed by atoms with Crippen molar-refractivity contribution in [2.75, 3.05) is 19.8 Å². The minimum atomic E-state index is -0.647. The number of rotatable bonds is 6. The van der Waals surface area contributed by atoms with Gasteiger partial charge < -0.3 is 14.2 Å². The van der Waals surface area contributed by atoms with Crippen LogP contribution in [-0.2, 0) is 9.47 Å². The van der Waals surface area contributed by atoms with Crippen LogP contribution >= 0.6 is 0 Å². The molecule has 0 N–H and O–H groups in total. The average Bonchev–Trinajstić information content (AvgIpc) is 2.54. The van der Waals surface area contributed by atoms with Gasteiger partial charge in [0.2, 0.25) is 0 Å². The van der Waals surface area contributed by atoms with Gasteiger partial charge in [0.25, 0.3) is 0 Å². The molecule has 23 heavy (non-hydrogen) atoms. The summed E-state index contributed by atoms with van der Waals surface area (Å²) >= 11 is 0. The van der Waals surface area contributed by atoms with Crippen LogP contribution in [0.15, 0.2) is 24.3 Å². The fourth-order valence-electron chi connectivity index (χ4n) is 2.13. The van der Waals surface area contributed by atoms with Gasteiger partial charge in [0.15, 0.2) is 5.69 Å². The molecule has 6 nitrogen and oxygen atoms in total. The van der Waals surface area contributed by atoms with E-state index in [1.165, 1.54) is 0 Å². The van der Waals surface area contributed by atoms with E-state index in [0.717, 1.165) is 0 Å². The van der Waals surface area contributed by atoms with Crippen LogP contribution in [0.1, 0.15) is 41.6 Å². The van der Waals surface area contributed by atoms with Gasteiger partial charge >= 0.3 is 11.9 Å². The number of carbonyl (C=O) groups excluding carboxylic acids is 2. The van der Waals surface area contributed by atoms with E-state index in [0.29, 0.717) is 23.3 Å². The minimum absolute atomic E-state index is 0.0399. The van der Waals surface area contributed by atoms with Crippen molar-refractivity contribution in [2.45, 2.75) is 20.8 Å². The van der Waals surface area contributed by atoms with Crippen LogP contribution in [0.3, 0.4) is 0 Å². The molecule has 0 unspecified atom stereocenters. The fraction of sp³-hybridized carbons (Fsp3) is 0.353. The van der Waals surface area contributed by atoms with Gasteiger partial charge in [0, 0.05) is 5.39 Å². The topological polar surface area (TPSA) is 74.7 Å². The molecular weight excluding hydrogens is 298 g/mol. The summed E-state index contributed by atoms with van der Waals surface area (Å²) < 4.78 is 15.4. The molecule has 0 aliphatic heterocycles. The molecule has 0 bridgehead atoms. The Morgan fingerprint density at radius 1 is 0.957 bits per heavy atom. The van der Waals surface area contributed by atoms with Crippen molar-refractivity contribution in [1.82, 2.24) is 4.98 Å². The summed E-state index contributed by atoms with van der Waals surface area (Å²) in [5.41, 5.74) is 0.623. The van der Waals surface area contributed by atoms with Crippen LogP contribution in [0, 0.1) is 0 Å².